The summed E-state index contributed by atoms with van der Waals surface area (Å²) >= 11 is 6.86. The van der Waals surface area contributed by atoms with Crippen molar-refractivity contribution < 1.29 is 33.4 Å². The lowest BCUT2D eigenvalue weighted by molar-refractivity contribution is -0.139. The summed E-state index contributed by atoms with van der Waals surface area (Å²) < 4.78 is 23.4. The molecule has 0 spiro atoms. The fourth-order valence-corrected chi connectivity index (χ4v) is 3.60. The smallest absolute Gasteiger partial charge is 0.341 e. The minimum absolute atomic E-state index is 0.0438. The van der Waals surface area contributed by atoms with Gasteiger partial charge in [-0.2, -0.15) is 0 Å². The van der Waals surface area contributed by atoms with Gasteiger partial charge < -0.3 is 14.6 Å². The first kappa shape index (κ1) is 21.7. The highest BCUT2D eigenvalue weighted by Gasteiger charge is 2.34. The molecular formula is C20H15ClFNO6S. The summed E-state index contributed by atoms with van der Waals surface area (Å²) in [7, 11) is 0. The molecule has 1 fully saturated rings. The minimum Gasteiger partial charge on any atom is -0.492 e. The van der Waals surface area contributed by atoms with E-state index in [0.717, 1.165) is 16.7 Å². The molecule has 30 heavy (non-hydrogen) atoms. The van der Waals surface area contributed by atoms with E-state index in [1.165, 1.54) is 42.5 Å². The fraction of sp³-hybridized carbons (Fsp3) is 0.150. The number of carboxylic acid groups (broad SMARTS) is 1. The minimum atomic E-state index is -1.13. The van der Waals surface area contributed by atoms with Crippen molar-refractivity contribution in [2.24, 2.45) is 0 Å². The zero-order valence-electron chi connectivity index (χ0n) is 15.3. The topological polar surface area (TPSA) is 93.1 Å². The molecule has 0 saturated carbocycles. The van der Waals surface area contributed by atoms with Crippen LogP contribution in [-0.4, -0.2) is 46.9 Å². The first-order valence-electron chi connectivity index (χ1n) is 8.61. The van der Waals surface area contributed by atoms with E-state index in [2.05, 4.69) is 0 Å². The van der Waals surface area contributed by atoms with Gasteiger partial charge in [0, 0.05) is 0 Å². The van der Waals surface area contributed by atoms with Crippen LogP contribution in [0.25, 0.3) is 6.08 Å². The molecule has 0 atom stereocenters. The van der Waals surface area contributed by atoms with E-state index >= 15 is 0 Å². The Morgan fingerprint density at radius 3 is 2.57 bits per heavy atom. The highest BCUT2D eigenvalue weighted by atomic mass is 35.5. The van der Waals surface area contributed by atoms with Crippen LogP contribution >= 0.6 is 23.4 Å². The average molecular weight is 452 g/mol. The maximum atomic E-state index is 12.9. The van der Waals surface area contributed by atoms with Gasteiger partial charge in [-0.1, -0.05) is 17.7 Å². The molecule has 1 aliphatic rings. The predicted octanol–water partition coefficient (Wildman–Crippen LogP) is 4.06. The molecule has 3 rings (SSSR count). The van der Waals surface area contributed by atoms with Crippen LogP contribution in [0, 0.1) is 5.82 Å². The second-order valence-corrected chi connectivity index (χ2v) is 7.41. The molecule has 0 bridgehead atoms. The van der Waals surface area contributed by atoms with E-state index < -0.39 is 23.7 Å². The Hall–Kier alpha value is -3.04. The number of thioether (sulfide) groups is 1. The monoisotopic (exact) mass is 451 g/mol. The first-order chi connectivity index (χ1) is 14.3. The van der Waals surface area contributed by atoms with Crippen molar-refractivity contribution in [3.8, 4) is 11.5 Å². The number of carboxylic acids is 1. The van der Waals surface area contributed by atoms with Crippen LogP contribution in [-0.2, 0) is 9.59 Å². The number of imide groups is 1. The van der Waals surface area contributed by atoms with Crippen LogP contribution < -0.4 is 9.47 Å². The van der Waals surface area contributed by atoms with Gasteiger partial charge in [0.2, 0.25) is 0 Å². The molecule has 0 unspecified atom stereocenters. The summed E-state index contributed by atoms with van der Waals surface area (Å²) in [4.78, 5) is 36.5. The SMILES string of the molecule is O=C(O)COc1ccc(/C=C2\SC(=O)N(CCOc3ccc(F)cc3)C2=O)cc1Cl. The quantitative estimate of drug-likeness (QED) is 0.605. The number of benzene rings is 2. The first-order valence-corrected chi connectivity index (χ1v) is 9.81. The Morgan fingerprint density at radius 1 is 1.17 bits per heavy atom. The van der Waals surface area contributed by atoms with Gasteiger partial charge in [0.15, 0.2) is 6.61 Å². The van der Waals surface area contributed by atoms with Crippen LogP contribution in [0.4, 0.5) is 9.18 Å². The predicted molar refractivity (Wildman–Crippen MR) is 109 cm³/mol. The third-order valence-electron chi connectivity index (χ3n) is 3.88. The van der Waals surface area contributed by atoms with Crippen LogP contribution in [0.15, 0.2) is 47.4 Å². The molecule has 1 N–H and O–H groups in total. The van der Waals surface area contributed by atoms with Crippen molar-refractivity contribution in [3.63, 3.8) is 0 Å². The van der Waals surface area contributed by atoms with Crippen LogP contribution in [0.1, 0.15) is 5.56 Å². The molecular weight excluding hydrogens is 437 g/mol. The lowest BCUT2D eigenvalue weighted by Crippen LogP contribution is -2.32. The van der Waals surface area contributed by atoms with E-state index in [4.69, 9.17) is 26.2 Å². The maximum Gasteiger partial charge on any atom is 0.341 e. The lowest BCUT2D eigenvalue weighted by Gasteiger charge is -2.13. The zero-order chi connectivity index (χ0) is 21.7. The third kappa shape index (κ3) is 5.52. The number of aliphatic carboxylic acids is 1. The van der Waals surface area contributed by atoms with Gasteiger partial charge in [-0.05, 0) is 59.8 Å². The largest absolute Gasteiger partial charge is 0.492 e. The van der Waals surface area contributed by atoms with Gasteiger partial charge >= 0.3 is 5.97 Å². The maximum absolute atomic E-state index is 12.9. The number of nitrogens with zero attached hydrogens (tertiary/aromatic N) is 1. The summed E-state index contributed by atoms with van der Waals surface area (Å²) in [5, 5.41) is 8.40. The normalized spacial score (nSPS) is 15.0. The van der Waals surface area contributed by atoms with Crippen LogP contribution in [0.3, 0.4) is 0 Å². The number of amides is 2. The number of hydrogen-bond acceptors (Lipinski definition) is 6. The van der Waals surface area contributed by atoms with Crippen LogP contribution in [0.2, 0.25) is 5.02 Å². The van der Waals surface area contributed by atoms with Gasteiger partial charge in [-0.25, -0.2) is 9.18 Å². The van der Waals surface area contributed by atoms with Crippen LogP contribution in [0.5, 0.6) is 11.5 Å². The van der Waals surface area contributed by atoms with Crippen molar-refractivity contribution in [1.29, 1.82) is 0 Å². The third-order valence-corrected chi connectivity index (χ3v) is 5.08. The molecule has 1 saturated heterocycles. The van der Waals surface area contributed by atoms with E-state index in [0.29, 0.717) is 11.3 Å². The summed E-state index contributed by atoms with van der Waals surface area (Å²) in [5.41, 5.74) is 0.552. The standard InChI is InChI=1S/C20H15ClFNO6S/c21-15-9-12(1-6-16(15)29-11-18(24)25)10-17-19(26)23(20(27)30-17)7-8-28-14-4-2-13(22)3-5-14/h1-6,9-10H,7-8,11H2,(H,24,25)/b17-10-. The molecule has 0 radical (unpaired) electrons. The van der Waals surface area contributed by atoms with Gasteiger partial charge in [0.25, 0.3) is 11.1 Å². The van der Waals surface area contributed by atoms with E-state index in [-0.39, 0.29) is 34.6 Å². The Balaban J connectivity index is 1.62. The van der Waals surface area contributed by atoms with Gasteiger partial charge in [-0.3, -0.25) is 14.5 Å². The van der Waals surface area contributed by atoms with Crippen molar-refractivity contribution in [2.45, 2.75) is 0 Å². The van der Waals surface area contributed by atoms with E-state index in [1.54, 1.807) is 6.07 Å². The highest BCUT2D eigenvalue weighted by molar-refractivity contribution is 8.18. The molecule has 0 aliphatic carbocycles. The Kier molecular flexibility index (Phi) is 6.96. The van der Waals surface area contributed by atoms with Crippen molar-refractivity contribution >= 4 is 46.6 Å². The summed E-state index contributed by atoms with van der Waals surface area (Å²) in [6.07, 6.45) is 1.51. The van der Waals surface area contributed by atoms with Crippen molar-refractivity contribution in [3.05, 3.63) is 63.8 Å². The number of rotatable bonds is 8. The van der Waals surface area contributed by atoms with Crippen molar-refractivity contribution in [1.82, 2.24) is 4.90 Å². The molecule has 2 aromatic carbocycles. The molecule has 156 valence electrons. The average Bonchev–Trinajstić information content (AvgIpc) is 2.96. The highest BCUT2D eigenvalue weighted by Crippen LogP contribution is 2.33. The molecule has 2 aromatic rings. The van der Waals surface area contributed by atoms with E-state index in [1.807, 2.05) is 0 Å². The summed E-state index contributed by atoms with van der Waals surface area (Å²) in [6, 6.07) is 9.99. The van der Waals surface area contributed by atoms with Crippen molar-refractivity contribution in [2.75, 3.05) is 19.8 Å². The number of carbonyl (C=O) groups is 3. The summed E-state index contributed by atoms with van der Waals surface area (Å²) in [6.45, 7) is -0.418. The molecule has 1 aliphatic heterocycles. The second-order valence-electron chi connectivity index (χ2n) is 6.01. The van der Waals surface area contributed by atoms with Gasteiger partial charge in [0.1, 0.15) is 23.9 Å². The fourth-order valence-electron chi connectivity index (χ4n) is 2.49. The van der Waals surface area contributed by atoms with E-state index in [9.17, 15) is 18.8 Å². The zero-order valence-corrected chi connectivity index (χ0v) is 16.9. The molecule has 1 heterocycles. The number of ether oxygens (including phenoxy) is 2. The lowest BCUT2D eigenvalue weighted by atomic mass is 10.2. The molecule has 0 aromatic heterocycles. The number of carbonyl (C=O) groups excluding carboxylic acids is 2. The van der Waals surface area contributed by atoms with Gasteiger partial charge in [0.05, 0.1) is 16.5 Å². The molecule has 7 nitrogen and oxygen atoms in total. The Labute approximate surface area is 180 Å². The number of halogens is 2. The number of hydrogen-bond donors (Lipinski definition) is 1. The molecule has 10 heteroatoms. The van der Waals surface area contributed by atoms with Gasteiger partial charge in [-0.15, -0.1) is 0 Å². The summed E-state index contributed by atoms with van der Waals surface area (Å²) in [5.74, 6) is -1.36. The Bertz CT molecular complexity index is 1010. The Morgan fingerprint density at radius 2 is 1.90 bits per heavy atom. The molecule has 2 amide bonds. The second kappa shape index (κ2) is 9.64.